The van der Waals surface area contributed by atoms with E-state index in [1.165, 1.54) is 19.2 Å². The maximum atomic E-state index is 11.7. The molecule has 1 aliphatic heterocycles. The maximum Gasteiger partial charge on any atom is 0.364 e. The lowest BCUT2D eigenvalue weighted by Crippen LogP contribution is -2.27. The smallest absolute Gasteiger partial charge is 0.364 e. The van der Waals surface area contributed by atoms with Crippen molar-refractivity contribution in [2.45, 2.75) is 26.0 Å². The molecule has 2 unspecified atom stereocenters. The molecular weight excluding hydrogens is 272 g/mol. The second-order valence-corrected chi connectivity index (χ2v) is 4.60. The van der Waals surface area contributed by atoms with Crippen LogP contribution in [-0.4, -0.2) is 21.9 Å². The summed E-state index contributed by atoms with van der Waals surface area (Å²) < 4.78 is 5.19. The van der Waals surface area contributed by atoms with E-state index in [1.807, 2.05) is 0 Å². The summed E-state index contributed by atoms with van der Waals surface area (Å²) in [4.78, 5) is 26.1. The molecule has 2 rings (SSSR count). The Bertz CT molecular complexity index is 568. The number of hydrogen-bond donors (Lipinski definition) is 0. The Morgan fingerprint density at radius 3 is 2.68 bits per heavy atom. The fourth-order valence-electron chi connectivity index (χ4n) is 2.21. The molecule has 0 aromatic carbocycles. The second-order valence-electron chi connectivity index (χ2n) is 4.21. The van der Waals surface area contributed by atoms with Crippen molar-refractivity contribution in [1.82, 2.24) is 4.98 Å². The molecule has 2 atom stereocenters. The monoisotopic (exact) mass is 282 g/mol. The minimum Gasteiger partial charge on any atom is -0.434 e. The van der Waals surface area contributed by atoms with E-state index in [2.05, 4.69) is 4.98 Å². The number of carbonyl (C=O) groups is 1. The summed E-state index contributed by atoms with van der Waals surface area (Å²) in [5, 5.41) is 11.3. The predicted molar refractivity (Wildman–Crippen MR) is 67.2 cm³/mol. The number of nitro groups is 1. The zero-order valence-corrected chi connectivity index (χ0v) is 11.0. The van der Waals surface area contributed by atoms with Gasteiger partial charge in [-0.1, -0.05) is 17.7 Å². The number of aromatic nitrogens is 1. The molecule has 0 spiro atoms. The van der Waals surface area contributed by atoms with Gasteiger partial charge in [0.25, 0.3) is 0 Å². The number of ether oxygens (including phenoxy) is 1. The minimum absolute atomic E-state index is 0.248. The first-order valence-electron chi connectivity index (χ1n) is 5.55. The molecule has 100 valence electrons. The first-order valence-corrected chi connectivity index (χ1v) is 5.93. The average molecular weight is 283 g/mol. The van der Waals surface area contributed by atoms with Crippen LogP contribution in [0.15, 0.2) is 29.7 Å². The van der Waals surface area contributed by atoms with Crippen molar-refractivity contribution >= 4 is 17.4 Å². The van der Waals surface area contributed by atoms with Gasteiger partial charge in [-0.2, -0.15) is 0 Å². The molecule has 0 aliphatic carbocycles. The standard InChI is InChI=1S/C12H11ClN2O4/c1-6(16)10-7(2)19-12(15(17)18)11(10)8-3-4-9(13)14-5-8/h3-5,11-12H,1-2H3. The highest BCUT2D eigenvalue weighted by atomic mass is 35.5. The number of hydrogen-bond acceptors (Lipinski definition) is 5. The van der Waals surface area contributed by atoms with Crippen molar-refractivity contribution in [3.05, 3.63) is 50.5 Å². The molecular formula is C12H11ClN2O4. The van der Waals surface area contributed by atoms with Gasteiger partial charge in [0.2, 0.25) is 0 Å². The van der Waals surface area contributed by atoms with Crippen LogP contribution < -0.4 is 0 Å². The van der Waals surface area contributed by atoms with Crippen molar-refractivity contribution in [2.24, 2.45) is 0 Å². The number of rotatable bonds is 3. The van der Waals surface area contributed by atoms with E-state index in [4.69, 9.17) is 16.3 Å². The fraction of sp³-hybridized carbons (Fsp3) is 0.333. The van der Waals surface area contributed by atoms with Crippen LogP contribution in [0.4, 0.5) is 0 Å². The van der Waals surface area contributed by atoms with Crippen LogP contribution in [0.3, 0.4) is 0 Å². The molecule has 0 saturated heterocycles. The third kappa shape index (κ3) is 2.44. The van der Waals surface area contributed by atoms with Gasteiger partial charge in [0.15, 0.2) is 5.78 Å². The van der Waals surface area contributed by atoms with E-state index < -0.39 is 17.1 Å². The van der Waals surface area contributed by atoms with Crippen molar-refractivity contribution in [1.29, 1.82) is 0 Å². The number of pyridine rings is 1. The summed E-state index contributed by atoms with van der Waals surface area (Å²) in [6.45, 7) is 2.91. The zero-order valence-electron chi connectivity index (χ0n) is 10.3. The number of allylic oxidation sites excluding steroid dienone is 1. The minimum atomic E-state index is -1.30. The Hall–Kier alpha value is -1.95. The van der Waals surface area contributed by atoms with Crippen molar-refractivity contribution < 1.29 is 14.5 Å². The molecule has 6 nitrogen and oxygen atoms in total. The van der Waals surface area contributed by atoms with Gasteiger partial charge in [0, 0.05) is 6.20 Å². The number of Topliss-reactive ketones (excluding diaryl/α,β-unsaturated/α-hetero) is 1. The maximum absolute atomic E-state index is 11.7. The Labute approximate surface area is 114 Å². The predicted octanol–water partition coefficient (Wildman–Crippen LogP) is 2.31. The third-order valence-corrected chi connectivity index (χ3v) is 3.19. The van der Waals surface area contributed by atoms with Crippen LogP contribution in [-0.2, 0) is 9.53 Å². The Balaban J connectivity index is 2.50. The molecule has 0 amide bonds. The average Bonchev–Trinajstić information content (AvgIpc) is 2.68. The number of carbonyl (C=O) groups excluding carboxylic acids is 1. The molecule has 0 fully saturated rings. The van der Waals surface area contributed by atoms with Crippen LogP contribution in [0.25, 0.3) is 0 Å². The van der Waals surface area contributed by atoms with Gasteiger partial charge >= 0.3 is 6.23 Å². The summed E-state index contributed by atoms with van der Waals surface area (Å²) >= 11 is 5.69. The summed E-state index contributed by atoms with van der Waals surface area (Å²) in [5.41, 5.74) is 0.846. The quantitative estimate of drug-likeness (QED) is 0.483. The zero-order chi connectivity index (χ0) is 14.2. The molecule has 0 bridgehead atoms. The van der Waals surface area contributed by atoms with Crippen molar-refractivity contribution in [2.75, 3.05) is 0 Å². The lowest BCUT2D eigenvalue weighted by molar-refractivity contribution is -0.570. The number of ketones is 1. The van der Waals surface area contributed by atoms with E-state index in [0.717, 1.165) is 0 Å². The van der Waals surface area contributed by atoms with E-state index in [9.17, 15) is 14.9 Å². The Kier molecular flexibility index (Phi) is 3.53. The van der Waals surface area contributed by atoms with Crippen molar-refractivity contribution in [3.8, 4) is 0 Å². The summed E-state index contributed by atoms with van der Waals surface area (Å²) in [7, 11) is 0. The number of halogens is 1. The van der Waals surface area contributed by atoms with Crippen LogP contribution in [0, 0.1) is 10.1 Å². The molecule has 2 heterocycles. The van der Waals surface area contributed by atoms with Crippen LogP contribution in [0.2, 0.25) is 5.15 Å². The molecule has 0 saturated carbocycles. The summed E-state index contributed by atoms with van der Waals surface area (Å²) in [6, 6.07) is 3.14. The van der Waals surface area contributed by atoms with E-state index in [1.54, 1.807) is 13.0 Å². The summed E-state index contributed by atoms with van der Waals surface area (Å²) in [5.74, 6) is -0.715. The first kappa shape index (κ1) is 13.5. The number of nitrogens with zero attached hydrogens (tertiary/aromatic N) is 2. The fourth-order valence-corrected chi connectivity index (χ4v) is 2.32. The van der Waals surface area contributed by atoms with Crippen LogP contribution in [0.1, 0.15) is 25.3 Å². The Morgan fingerprint density at radius 1 is 1.53 bits per heavy atom. The first-order chi connectivity index (χ1) is 8.91. The van der Waals surface area contributed by atoms with E-state index in [-0.39, 0.29) is 16.7 Å². The van der Waals surface area contributed by atoms with Crippen LogP contribution >= 0.6 is 11.6 Å². The highest BCUT2D eigenvalue weighted by Crippen LogP contribution is 2.39. The second kappa shape index (κ2) is 4.97. The largest absolute Gasteiger partial charge is 0.434 e. The van der Waals surface area contributed by atoms with Gasteiger partial charge in [-0.25, -0.2) is 4.98 Å². The molecule has 1 aromatic heterocycles. The highest BCUT2D eigenvalue weighted by molar-refractivity contribution is 6.29. The molecule has 0 N–H and O–H groups in total. The van der Waals surface area contributed by atoms with Gasteiger partial charge in [-0.15, -0.1) is 0 Å². The Morgan fingerprint density at radius 2 is 2.21 bits per heavy atom. The highest BCUT2D eigenvalue weighted by Gasteiger charge is 2.46. The van der Waals surface area contributed by atoms with Gasteiger partial charge in [-0.05, 0) is 25.5 Å². The van der Waals surface area contributed by atoms with Crippen LogP contribution in [0.5, 0.6) is 0 Å². The van der Waals surface area contributed by atoms with Gasteiger partial charge in [-0.3, -0.25) is 14.9 Å². The molecule has 1 aromatic rings. The molecule has 19 heavy (non-hydrogen) atoms. The summed E-state index contributed by atoms with van der Waals surface area (Å²) in [6.07, 6.45) is 0.121. The lowest BCUT2D eigenvalue weighted by Gasteiger charge is -2.13. The topological polar surface area (TPSA) is 82.3 Å². The molecule has 1 aliphatic rings. The van der Waals surface area contributed by atoms with Gasteiger partial charge in [0.05, 0.1) is 10.5 Å². The van der Waals surface area contributed by atoms with Gasteiger partial charge < -0.3 is 4.74 Å². The van der Waals surface area contributed by atoms with Crippen molar-refractivity contribution in [3.63, 3.8) is 0 Å². The third-order valence-electron chi connectivity index (χ3n) is 2.97. The molecule has 0 radical (unpaired) electrons. The van der Waals surface area contributed by atoms with E-state index >= 15 is 0 Å². The lowest BCUT2D eigenvalue weighted by atomic mass is 9.89. The normalized spacial score (nSPS) is 22.3. The van der Waals surface area contributed by atoms with Gasteiger partial charge in [0.1, 0.15) is 16.8 Å². The van der Waals surface area contributed by atoms with E-state index in [0.29, 0.717) is 11.1 Å². The SMILES string of the molecule is CC(=O)C1=C(C)OC([N+](=O)[O-])C1c1ccc(Cl)nc1. The molecule has 7 heteroatoms.